The van der Waals surface area contributed by atoms with Crippen LogP contribution in [0.15, 0.2) is 23.3 Å². The molecule has 99 valence electrons. The van der Waals surface area contributed by atoms with E-state index in [4.69, 9.17) is 25.5 Å². The number of allylic oxidation sites excluding steroid dienone is 4. The zero-order chi connectivity index (χ0) is 12.3. The van der Waals surface area contributed by atoms with Gasteiger partial charge in [0.05, 0.1) is 0 Å². The molecule has 0 amide bonds. The van der Waals surface area contributed by atoms with Gasteiger partial charge in [-0.05, 0) is 44.4 Å². The molecule has 0 spiro atoms. The second kappa shape index (κ2) is 8.41. The molecular weight excluding hydrogens is 354 g/mol. The predicted molar refractivity (Wildman–Crippen MR) is 76.9 cm³/mol. The third-order valence-corrected chi connectivity index (χ3v) is 3.70. The number of hydrogen-bond acceptors (Lipinski definition) is 0. The van der Waals surface area contributed by atoms with Crippen LogP contribution in [0.2, 0.25) is 0 Å². The third-order valence-electron chi connectivity index (χ3n) is 3.70. The standard InChI is InChI=1S/C12H18.CH3.3ClH.Zr/c1-8-4-5-9(2)12-10(3)6-7-11(8)12;;;;;/h4-5,10-12H,6-7H2,1-3H3;1H3;3*1H;/q;-1;;;;+3/p-3. The van der Waals surface area contributed by atoms with E-state index in [1.807, 2.05) is 0 Å². The first-order valence-electron chi connectivity index (χ1n) is 5.62. The van der Waals surface area contributed by atoms with Crippen LogP contribution in [0.1, 0.15) is 33.6 Å². The molecule has 3 atom stereocenters. The van der Waals surface area contributed by atoms with E-state index in [1.54, 1.807) is 11.1 Å². The quantitative estimate of drug-likeness (QED) is 0.451. The monoisotopic (exact) mass is 372 g/mol. The number of hydrogen-bond donors (Lipinski definition) is 0. The average molecular weight is 375 g/mol. The van der Waals surface area contributed by atoms with Crippen molar-refractivity contribution in [1.29, 1.82) is 0 Å². The first-order chi connectivity index (χ1) is 7.43. The molecule has 4 heteroatoms. The van der Waals surface area contributed by atoms with Crippen LogP contribution in [-0.4, -0.2) is 0 Å². The second-order valence-corrected chi connectivity index (χ2v) is 15.9. The van der Waals surface area contributed by atoms with Crippen molar-refractivity contribution in [2.45, 2.75) is 33.6 Å². The van der Waals surface area contributed by atoms with E-state index in [0.29, 0.717) is 0 Å². The Labute approximate surface area is 125 Å². The predicted octanol–water partition coefficient (Wildman–Crippen LogP) is 6.07. The van der Waals surface area contributed by atoms with Crippen LogP contribution in [0.5, 0.6) is 0 Å². The van der Waals surface area contributed by atoms with E-state index in [1.165, 1.54) is 12.8 Å². The maximum atomic E-state index is 5.00. The van der Waals surface area contributed by atoms with Crippen molar-refractivity contribution >= 4 is 25.5 Å². The average Bonchev–Trinajstić information content (AvgIpc) is 2.55. The Balaban J connectivity index is 0.000000453. The molecule has 0 bridgehead atoms. The Bertz CT molecular complexity index is 294. The van der Waals surface area contributed by atoms with Crippen LogP contribution < -0.4 is 0 Å². The van der Waals surface area contributed by atoms with E-state index in [9.17, 15) is 0 Å². The van der Waals surface area contributed by atoms with Gasteiger partial charge in [-0.15, -0.1) is 0 Å². The molecule has 0 heterocycles. The summed E-state index contributed by atoms with van der Waals surface area (Å²) < 4.78 is 0. The molecule has 0 nitrogen and oxygen atoms in total. The van der Waals surface area contributed by atoms with Gasteiger partial charge >= 0.3 is 43.7 Å². The number of fused-ring (bicyclic) bond motifs is 1. The summed E-state index contributed by atoms with van der Waals surface area (Å²) in [5, 5.41) is 0. The van der Waals surface area contributed by atoms with Crippen molar-refractivity contribution in [3.05, 3.63) is 30.7 Å². The molecule has 3 unspecified atom stereocenters. The van der Waals surface area contributed by atoms with Crippen LogP contribution in [0, 0.1) is 25.2 Å². The Morgan fingerprint density at radius 3 is 2.00 bits per heavy atom. The van der Waals surface area contributed by atoms with Crippen LogP contribution >= 0.6 is 25.5 Å². The Hall–Kier alpha value is 1.23. The molecular formula is C13H21Cl3Zr-. The van der Waals surface area contributed by atoms with Gasteiger partial charge in [0.25, 0.3) is 0 Å². The van der Waals surface area contributed by atoms with Gasteiger partial charge in [-0.2, -0.15) is 0 Å². The van der Waals surface area contributed by atoms with Gasteiger partial charge in [-0.3, -0.25) is 0 Å². The molecule has 2 aliphatic carbocycles. The molecule has 0 aliphatic heterocycles. The molecule has 0 saturated heterocycles. The van der Waals surface area contributed by atoms with E-state index in [-0.39, 0.29) is 7.43 Å². The van der Waals surface area contributed by atoms with Gasteiger partial charge in [0.2, 0.25) is 0 Å². The fourth-order valence-electron chi connectivity index (χ4n) is 2.97. The van der Waals surface area contributed by atoms with Gasteiger partial charge in [0, 0.05) is 0 Å². The molecule has 0 aromatic carbocycles. The topological polar surface area (TPSA) is 0 Å². The summed E-state index contributed by atoms with van der Waals surface area (Å²) in [6.07, 6.45) is 7.47. The summed E-state index contributed by atoms with van der Waals surface area (Å²) >= 11 is -2.13. The molecule has 0 aromatic rings. The zero-order valence-corrected chi connectivity index (χ0v) is 15.7. The van der Waals surface area contributed by atoms with E-state index < -0.39 is 18.2 Å². The number of halogens is 3. The van der Waals surface area contributed by atoms with Gasteiger partial charge in [0.1, 0.15) is 0 Å². The van der Waals surface area contributed by atoms with E-state index >= 15 is 0 Å². The Morgan fingerprint density at radius 1 is 1.06 bits per heavy atom. The third kappa shape index (κ3) is 5.39. The minimum absolute atomic E-state index is 0. The maximum absolute atomic E-state index is 5.00. The Kier molecular flexibility index (Phi) is 9.02. The fraction of sp³-hybridized carbons (Fsp3) is 0.615. The first kappa shape index (κ1) is 18.2. The molecule has 0 N–H and O–H groups in total. The van der Waals surface area contributed by atoms with Crippen molar-refractivity contribution in [2.24, 2.45) is 17.8 Å². The molecule has 17 heavy (non-hydrogen) atoms. The zero-order valence-electron chi connectivity index (χ0n) is 10.9. The molecule has 1 fully saturated rings. The molecule has 0 radical (unpaired) electrons. The second-order valence-electron chi connectivity index (χ2n) is 4.72. The Morgan fingerprint density at radius 2 is 1.53 bits per heavy atom. The normalized spacial score (nSPS) is 30.1. The summed E-state index contributed by atoms with van der Waals surface area (Å²) in [5.74, 6) is 2.66. The SMILES string of the molecule is CC1=CC=C(C)C2C(C)CCC12.[CH3-].[Cl][Zr]([Cl])[Cl]. The minimum atomic E-state index is -2.13. The van der Waals surface area contributed by atoms with Crippen LogP contribution in [-0.2, 0) is 18.2 Å². The van der Waals surface area contributed by atoms with E-state index in [2.05, 4.69) is 32.9 Å². The van der Waals surface area contributed by atoms with Crippen molar-refractivity contribution in [2.75, 3.05) is 0 Å². The summed E-state index contributed by atoms with van der Waals surface area (Å²) in [7, 11) is 15.0. The summed E-state index contributed by atoms with van der Waals surface area (Å²) in [4.78, 5) is 0. The molecule has 2 rings (SSSR count). The van der Waals surface area contributed by atoms with Crippen molar-refractivity contribution in [3.8, 4) is 0 Å². The van der Waals surface area contributed by atoms with Crippen LogP contribution in [0.4, 0.5) is 0 Å². The summed E-state index contributed by atoms with van der Waals surface area (Å²) in [6, 6.07) is 0. The van der Waals surface area contributed by atoms with Gasteiger partial charge < -0.3 is 7.43 Å². The van der Waals surface area contributed by atoms with Gasteiger partial charge in [-0.1, -0.05) is 30.2 Å². The van der Waals surface area contributed by atoms with Gasteiger partial charge in [-0.25, -0.2) is 0 Å². The number of rotatable bonds is 0. The van der Waals surface area contributed by atoms with Crippen molar-refractivity contribution in [1.82, 2.24) is 0 Å². The van der Waals surface area contributed by atoms with Crippen LogP contribution in [0.3, 0.4) is 0 Å². The first-order valence-corrected chi connectivity index (χ1v) is 15.1. The van der Waals surface area contributed by atoms with Gasteiger partial charge in [0.15, 0.2) is 0 Å². The van der Waals surface area contributed by atoms with E-state index in [0.717, 1.165) is 17.8 Å². The molecule has 1 saturated carbocycles. The molecule has 0 aromatic heterocycles. The molecule has 2 aliphatic rings. The fourth-order valence-corrected chi connectivity index (χ4v) is 2.97. The van der Waals surface area contributed by atoms with Crippen LogP contribution in [0.25, 0.3) is 0 Å². The summed E-state index contributed by atoms with van der Waals surface area (Å²) in [5.41, 5.74) is 3.21. The van der Waals surface area contributed by atoms with Crippen molar-refractivity contribution in [3.63, 3.8) is 0 Å². The summed E-state index contributed by atoms with van der Waals surface area (Å²) in [6.45, 7) is 6.99. The van der Waals surface area contributed by atoms with Crippen molar-refractivity contribution < 1.29 is 18.2 Å².